The predicted molar refractivity (Wildman–Crippen MR) is 122 cm³/mol. The Hall–Kier alpha value is -2.09. The lowest BCUT2D eigenvalue weighted by Crippen LogP contribution is -2.40. The quantitative estimate of drug-likeness (QED) is 0.553. The number of hydrogen-bond acceptors (Lipinski definition) is 6. The van der Waals surface area contributed by atoms with Gasteiger partial charge >= 0.3 is 5.97 Å². The normalized spacial score (nSPS) is 19.2. The van der Waals surface area contributed by atoms with Gasteiger partial charge < -0.3 is 10.5 Å². The minimum atomic E-state index is -0.535. The number of ether oxygens (including phenoxy) is 1. The van der Waals surface area contributed by atoms with Gasteiger partial charge in [0, 0.05) is 43.1 Å². The van der Waals surface area contributed by atoms with E-state index in [0.717, 1.165) is 27.2 Å². The van der Waals surface area contributed by atoms with E-state index >= 15 is 0 Å². The molecule has 2 heterocycles. The van der Waals surface area contributed by atoms with Crippen LogP contribution in [0.25, 0.3) is 0 Å². The highest BCUT2D eigenvalue weighted by Crippen LogP contribution is 2.48. The van der Waals surface area contributed by atoms with Gasteiger partial charge in [-0.05, 0) is 66.0 Å². The fourth-order valence-corrected chi connectivity index (χ4v) is 5.73. The van der Waals surface area contributed by atoms with Crippen molar-refractivity contribution in [3.8, 4) is 0 Å². The SMILES string of the molecule is CCOC(=O)C1=C(N)N(c2ccc(Cl)cc2)C2=C(C(=O)CCC2)[C@@H]1c1cc(Br)cs1. The number of ketones is 1. The third kappa shape index (κ3) is 3.70. The van der Waals surface area contributed by atoms with Gasteiger partial charge in [-0.25, -0.2) is 4.79 Å². The maximum atomic E-state index is 13.2. The first-order valence-electron chi connectivity index (χ1n) is 9.65. The number of benzene rings is 1. The fourth-order valence-electron chi connectivity index (χ4n) is 4.05. The van der Waals surface area contributed by atoms with E-state index in [0.29, 0.717) is 34.8 Å². The van der Waals surface area contributed by atoms with Crippen LogP contribution >= 0.6 is 38.9 Å². The molecule has 5 nitrogen and oxygen atoms in total. The van der Waals surface area contributed by atoms with Gasteiger partial charge in [-0.3, -0.25) is 9.69 Å². The van der Waals surface area contributed by atoms with Gasteiger partial charge in [-0.1, -0.05) is 11.6 Å². The number of hydrogen-bond donors (Lipinski definition) is 1. The zero-order valence-electron chi connectivity index (χ0n) is 16.3. The average Bonchev–Trinajstić information content (AvgIpc) is 3.14. The first kappa shape index (κ1) is 21.2. The maximum absolute atomic E-state index is 13.2. The summed E-state index contributed by atoms with van der Waals surface area (Å²) in [6.45, 7) is 1.97. The Morgan fingerprint density at radius 1 is 1.33 bits per heavy atom. The molecule has 1 aromatic heterocycles. The third-order valence-electron chi connectivity index (χ3n) is 5.25. The highest BCUT2D eigenvalue weighted by Gasteiger charge is 2.43. The van der Waals surface area contributed by atoms with Crippen molar-refractivity contribution >= 4 is 56.3 Å². The van der Waals surface area contributed by atoms with Gasteiger partial charge in [-0.15, -0.1) is 11.3 Å². The summed E-state index contributed by atoms with van der Waals surface area (Å²) in [7, 11) is 0. The monoisotopic (exact) mass is 506 g/mol. The lowest BCUT2D eigenvalue weighted by atomic mass is 9.77. The lowest BCUT2D eigenvalue weighted by molar-refractivity contribution is -0.138. The van der Waals surface area contributed by atoms with Crippen LogP contribution in [-0.4, -0.2) is 18.4 Å². The second-order valence-electron chi connectivity index (χ2n) is 7.07. The largest absolute Gasteiger partial charge is 0.463 e. The summed E-state index contributed by atoms with van der Waals surface area (Å²) < 4.78 is 6.26. The number of allylic oxidation sites excluding steroid dienone is 2. The molecule has 1 aromatic carbocycles. The zero-order chi connectivity index (χ0) is 21.4. The average molecular weight is 508 g/mol. The topological polar surface area (TPSA) is 72.6 Å². The number of nitrogens with two attached hydrogens (primary N) is 1. The molecule has 1 aliphatic carbocycles. The number of carbonyl (C=O) groups excluding carboxylic acids is 2. The first-order valence-corrected chi connectivity index (χ1v) is 11.7. The van der Waals surface area contributed by atoms with Gasteiger partial charge in [0.15, 0.2) is 5.78 Å². The molecule has 2 aliphatic rings. The van der Waals surface area contributed by atoms with Gasteiger partial charge in [0.05, 0.1) is 18.1 Å². The Balaban J connectivity index is 1.97. The van der Waals surface area contributed by atoms with E-state index < -0.39 is 11.9 Å². The predicted octanol–water partition coefficient (Wildman–Crippen LogP) is 5.51. The van der Waals surface area contributed by atoms with Crippen molar-refractivity contribution in [3.63, 3.8) is 0 Å². The summed E-state index contributed by atoms with van der Waals surface area (Å²) in [5.74, 6) is -0.710. The van der Waals surface area contributed by atoms with Crippen LogP contribution in [0, 0.1) is 0 Å². The fraction of sp³-hybridized carbons (Fsp3) is 0.273. The van der Waals surface area contributed by atoms with Gasteiger partial charge in [-0.2, -0.15) is 0 Å². The molecule has 0 amide bonds. The Bertz CT molecular complexity index is 1070. The summed E-state index contributed by atoms with van der Waals surface area (Å²) in [5.41, 5.74) is 9.16. The zero-order valence-corrected chi connectivity index (χ0v) is 19.4. The standard InChI is InChI=1S/C22H20BrClN2O3S/c1-2-29-22(28)20-19(17-10-12(23)11-30-17)18-15(4-3-5-16(18)27)26(21(20)25)14-8-6-13(24)7-9-14/h6-11,19H,2-5,25H2,1H3/t19-/m0/s1. The Labute approximate surface area is 192 Å². The molecular formula is C22H20BrClN2O3S. The van der Waals surface area contributed by atoms with E-state index in [1.807, 2.05) is 28.5 Å². The summed E-state index contributed by atoms with van der Waals surface area (Å²) in [6, 6.07) is 9.14. The molecule has 0 bridgehead atoms. The molecule has 0 radical (unpaired) electrons. The molecule has 2 N–H and O–H groups in total. The highest BCUT2D eigenvalue weighted by atomic mass is 79.9. The summed E-state index contributed by atoms with van der Waals surface area (Å²) in [4.78, 5) is 28.9. The van der Waals surface area contributed by atoms with E-state index in [9.17, 15) is 9.59 Å². The smallest absolute Gasteiger partial charge is 0.338 e. The van der Waals surface area contributed by atoms with Crippen LogP contribution in [0.1, 0.15) is 37.0 Å². The molecule has 1 atom stereocenters. The van der Waals surface area contributed by atoms with Crippen molar-refractivity contribution in [1.82, 2.24) is 0 Å². The highest BCUT2D eigenvalue weighted by molar-refractivity contribution is 9.10. The number of carbonyl (C=O) groups is 2. The van der Waals surface area contributed by atoms with Crippen molar-refractivity contribution in [2.45, 2.75) is 32.1 Å². The molecule has 30 heavy (non-hydrogen) atoms. The Kier molecular flexibility index (Phi) is 6.04. The van der Waals surface area contributed by atoms with Crippen LogP contribution in [0.3, 0.4) is 0 Å². The molecule has 0 unspecified atom stereocenters. The second-order valence-corrected chi connectivity index (χ2v) is 9.36. The summed E-state index contributed by atoms with van der Waals surface area (Å²) in [6.07, 6.45) is 1.89. The summed E-state index contributed by atoms with van der Waals surface area (Å²) >= 11 is 11.0. The third-order valence-corrected chi connectivity index (χ3v) is 7.26. The number of esters is 1. The van der Waals surface area contributed by atoms with E-state index in [1.54, 1.807) is 19.1 Å². The number of halogens is 2. The molecular weight excluding hydrogens is 488 g/mol. The van der Waals surface area contributed by atoms with E-state index in [2.05, 4.69) is 15.9 Å². The van der Waals surface area contributed by atoms with Crippen molar-refractivity contribution in [2.24, 2.45) is 5.73 Å². The maximum Gasteiger partial charge on any atom is 0.338 e. The van der Waals surface area contributed by atoms with Crippen LogP contribution in [0.5, 0.6) is 0 Å². The van der Waals surface area contributed by atoms with E-state index in [4.69, 9.17) is 22.1 Å². The van der Waals surface area contributed by atoms with Gasteiger partial charge in [0.1, 0.15) is 5.82 Å². The molecule has 8 heteroatoms. The van der Waals surface area contributed by atoms with Crippen LogP contribution in [0.4, 0.5) is 5.69 Å². The van der Waals surface area contributed by atoms with Crippen molar-refractivity contribution in [2.75, 3.05) is 11.5 Å². The Morgan fingerprint density at radius 3 is 2.70 bits per heavy atom. The van der Waals surface area contributed by atoms with Crippen molar-refractivity contribution in [3.05, 3.63) is 72.7 Å². The van der Waals surface area contributed by atoms with Crippen LogP contribution in [-0.2, 0) is 14.3 Å². The summed E-state index contributed by atoms with van der Waals surface area (Å²) in [5, 5.41) is 2.53. The molecule has 0 spiro atoms. The van der Waals surface area contributed by atoms with Gasteiger partial charge in [0.2, 0.25) is 0 Å². The van der Waals surface area contributed by atoms with Crippen molar-refractivity contribution in [1.29, 1.82) is 0 Å². The molecule has 0 saturated heterocycles. The Morgan fingerprint density at radius 2 is 2.07 bits per heavy atom. The molecule has 2 aromatic rings. The molecule has 0 saturated carbocycles. The number of thiophene rings is 1. The number of rotatable bonds is 4. The minimum Gasteiger partial charge on any atom is -0.463 e. The van der Waals surface area contributed by atoms with E-state index in [1.165, 1.54) is 11.3 Å². The van der Waals surface area contributed by atoms with Gasteiger partial charge in [0.25, 0.3) is 0 Å². The number of Topliss-reactive ketones (excluding diaryl/α,β-unsaturated/α-hetero) is 1. The van der Waals surface area contributed by atoms with Crippen LogP contribution in [0.15, 0.2) is 62.8 Å². The molecule has 0 fully saturated rings. The van der Waals surface area contributed by atoms with Crippen LogP contribution in [0.2, 0.25) is 5.02 Å². The molecule has 156 valence electrons. The lowest BCUT2D eigenvalue weighted by Gasteiger charge is -2.40. The molecule has 4 rings (SSSR count). The van der Waals surface area contributed by atoms with E-state index in [-0.39, 0.29) is 12.4 Å². The minimum absolute atomic E-state index is 0.0408. The second kappa shape index (κ2) is 8.57. The number of nitrogens with zero attached hydrogens (tertiary/aromatic N) is 1. The molecule has 1 aliphatic heterocycles. The van der Waals surface area contributed by atoms with Crippen LogP contribution < -0.4 is 10.6 Å². The first-order chi connectivity index (χ1) is 14.4. The van der Waals surface area contributed by atoms with Crippen molar-refractivity contribution < 1.29 is 14.3 Å². The number of anilines is 1.